The van der Waals surface area contributed by atoms with Gasteiger partial charge in [-0.25, -0.2) is 9.69 Å². The Morgan fingerprint density at radius 3 is 2.66 bits per heavy atom. The van der Waals surface area contributed by atoms with Gasteiger partial charge in [0.1, 0.15) is 18.5 Å². The van der Waals surface area contributed by atoms with Gasteiger partial charge < -0.3 is 9.84 Å². The fraction of sp³-hybridized carbons (Fsp3) is 0.615. The lowest BCUT2D eigenvalue weighted by Crippen LogP contribution is -2.63. The van der Waals surface area contributed by atoms with Crippen LogP contribution in [0.5, 0.6) is 5.75 Å². The van der Waals surface area contributed by atoms with Crippen LogP contribution in [0.1, 0.15) is 50.7 Å². The largest absolute Gasteiger partial charge is 0.490 e. The SMILES string of the molecule is Cc1ccc(C(C)C)c(OCC(O)CN2C(=[N+]3CCCC(C)C3)N=C3C2C(=O)N(C)C(=O)N3C)c1. The van der Waals surface area contributed by atoms with Crippen LogP contribution in [0, 0.1) is 12.8 Å². The van der Waals surface area contributed by atoms with E-state index in [9.17, 15) is 14.7 Å². The summed E-state index contributed by atoms with van der Waals surface area (Å²) in [6.45, 7) is 10.4. The molecule has 3 amide bonds. The van der Waals surface area contributed by atoms with Gasteiger partial charge in [-0.2, -0.15) is 0 Å². The van der Waals surface area contributed by atoms with Crippen molar-refractivity contribution in [1.82, 2.24) is 14.7 Å². The number of aliphatic imine (C=N–C) groups is 1. The molecular formula is C26H38N5O4+. The standard InChI is InChI=1S/C26H38N5O4/c1-16(2)20-10-9-17(3)12-21(20)35-15-19(32)14-31-22-23(28(5)26(34)29(6)24(22)33)27-25(31)30-11-7-8-18(4)13-30/h9-10,12,16,18-19,22,32H,7-8,11,13-15H2,1-6H3/q+1. The number of ether oxygens (including phenoxy) is 1. The fourth-order valence-corrected chi connectivity index (χ4v) is 5.11. The summed E-state index contributed by atoms with van der Waals surface area (Å²) in [6, 6.07) is 4.98. The summed E-state index contributed by atoms with van der Waals surface area (Å²) in [5.74, 6) is 2.30. The first kappa shape index (κ1) is 25.2. The number of aliphatic hydroxyl groups excluding tert-OH is 1. The third kappa shape index (κ3) is 4.91. The van der Waals surface area contributed by atoms with Crippen molar-refractivity contribution in [3.8, 4) is 5.75 Å². The normalized spacial score (nSPS) is 25.8. The quantitative estimate of drug-likeness (QED) is 0.626. The van der Waals surface area contributed by atoms with Crippen LogP contribution in [0.3, 0.4) is 0 Å². The number of aryl methyl sites for hydroxylation is 1. The van der Waals surface area contributed by atoms with Crippen LogP contribution in [0.15, 0.2) is 23.2 Å². The number of urea groups is 1. The van der Waals surface area contributed by atoms with E-state index in [0.717, 1.165) is 47.7 Å². The Morgan fingerprint density at radius 2 is 1.97 bits per heavy atom. The smallest absolute Gasteiger partial charge is 0.392 e. The third-order valence-corrected chi connectivity index (χ3v) is 7.08. The summed E-state index contributed by atoms with van der Waals surface area (Å²) in [4.78, 5) is 34.9. The van der Waals surface area contributed by atoms with Gasteiger partial charge in [-0.1, -0.05) is 37.9 Å². The maximum atomic E-state index is 13.2. The van der Waals surface area contributed by atoms with Gasteiger partial charge in [0.15, 0.2) is 0 Å². The fourth-order valence-electron chi connectivity index (χ4n) is 5.11. The molecule has 0 saturated carbocycles. The minimum atomic E-state index is -0.858. The molecule has 0 radical (unpaired) electrons. The van der Waals surface area contributed by atoms with Gasteiger partial charge in [0, 0.05) is 14.1 Å². The van der Waals surface area contributed by atoms with Crippen molar-refractivity contribution in [3.05, 3.63) is 29.3 Å². The van der Waals surface area contributed by atoms with Crippen LogP contribution >= 0.6 is 0 Å². The summed E-state index contributed by atoms with van der Waals surface area (Å²) >= 11 is 0. The Kier molecular flexibility index (Phi) is 7.17. The Balaban J connectivity index is 1.59. The average Bonchev–Trinajstić information content (AvgIpc) is 3.19. The molecule has 4 rings (SSSR count). The lowest BCUT2D eigenvalue weighted by Gasteiger charge is -2.34. The monoisotopic (exact) mass is 484 g/mol. The topological polar surface area (TPSA) is 88.7 Å². The van der Waals surface area contributed by atoms with E-state index < -0.39 is 18.2 Å². The number of aliphatic hydroxyl groups is 1. The van der Waals surface area contributed by atoms with Crippen molar-refractivity contribution in [3.63, 3.8) is 0 Å². The summed E-state index contributed by atoms with van der Waals surface area (Å²) in [5, 5.41) is 11.0. The Hall–Kier alpha value is -2.94. The number of benzene rings is 1. The number of nitrogens with zero attached hydrogens (tertiary/aromatic N) is 5. The number of guanidine groups is 1. The molecule has 1 aromatic rings. The van der Waals surface area contributed by atoms with Gasteiger partial charge in [-0.3, -0.25) is 19.2 Å². The van der Waals surface area contributed by atoms with E-state index in [-0.39, 0.29) is 19.1 Å². The van der Waals surface area contributed by atoms with Gasteiger partial charge >= 0.3 is 12.0 Å². The lowest BCUT2D eigenvalue weighted by molar-refractivity contribution is -0.550. The minimum absolute atomic E-state index is 0.0875. The molecule has 0 aliphatic carbocycles. The first-order valence-electron chi connectivity index (χ1n) is 12.5. The molecule has 3 heterocycles. The second-order valence-corrected chi connectivity index (χ2v) is 10.4. The van der Waals surface area contributed by atoms with E-state index in [1.165, 1.54) is 11.9 Å². The van der Waals surface area contributed by atoms with Crippen molar-refractivity contribution >= 4 is 23.7 Å². The number of rotatable bonds is 6. The highest BCUT2D eigenvalue weighted by Crippen LogP contribution is 2.28. The number of amides is 3. The molecule has 2 saturated heterocycles. The van der Waals surface area contributed by atoms with E-state index in [1.54, 1.807) is 7.05 Å². The number of amidine groups is 1. The highest BCUT2D eigenvalue weighted by Gasteiger charge is 2.55. The van der Waals surface area contributed by atoms with Crippen molar-refractivity contribution in [2.24, 2.45) is 10.9 Å². The zero-order valence-corrected chi connectivity index (χ0v) is 21.7. The molecular weight excluding hydrogens is 446 g/mol. The number of likely N-dealkylation sites (N-methyl/N-ethyl adjacent to an activating group) is 2. The summed E-state index contributed by atoms with van der Waals surface area (Å²) in [5.41, 5.74) is 2.18. The summed E-state index contributed by atoms with van der Waals surface area (Å²) in [7, 11) is 3.13. The summed E-state index contributed by atoms with van der Waals surface area (Å²) < 4.78 is 8.25. The molecule has 3 atom stereocenters. The molecule has 0 bridgehead atoms. The van der Waals surface area contributed by atoms with E-state index in [1.807, 2.05) is 17.9 Å². The van der Waals surface area contributed by atoms with Crippen LogP contribution in [-0.2, 0) is 4.79 Å². The molecule has 9 nitrogen and oxygen atoms in total. The maximum Gasteiger partial charge on any atom is 0.392 e. The molecule has 190 valence electrons. The zero-order chi connectivity index (χ0) is 25.4. The second kappa shape index (κ2) is 9.97. The minimum Gasteiger partial charge on any atom is -0.490 e. The maximum absolute atomic E-state index is 13.2. The number of β-amino-alcohol motifs (C(OH)–C–C–N with tert-alkyl or cyclic N) is 1. The predicted molar refractivity (Wildman–Crippen MR) is 134 cm³/mol. The predicted octanol–water partition coefficient (Wildman–Crippen LogP) is 2.26. The van der Waals surface area contributed by atoms with Gasteiger partial charge in [-0.05, 0) is 48.8 Å². The molecule has 1 N–H and O–H groups in total. The van der Waals surface area contributed by atoms with E-state index >= 15 is 0 Å². The number of piperidine rings is 1. The van der Waals surface area contributed by atoms with Crippen molar-refractivity contribution < 1.29 is 24.0 Å². The highest BCUT2D eigenvalue weighted by molar-refractivity contribution is 6.25. The van der Waals surface area contributed by atoms with Gasteiger partial charge in [0.05, 0.1) is 19.6 Å². The summed E-state index contributed by atoms with van der Waals surface area (Å²) in [6.07, 6.45) is 1.33. The molecule has 3 aliphatic rings. The van der Waals surface area contributed by atoms with Crippen LogP contribution in [-0.4, -0.2) is 101 Å². The molecule has 35 heavy (non-hydrogen) atoms. The van der Waals surface area contributed by atoms with Crippen molar-refractivity contribution in [1.29, 1.82) is 0 Å². The molecule has 3 unspecified atom stereocenters. The Morgan fingerprint density at radius 1 is 1.23 bits per heavy atom. The molecule has 1 aromatic carbocycles. The van der Waals surface area contributed by atoms with Crippen LogP contribution in [0.4, 0.5) is 4.79 Å². The number of carbonyl (C=O) groups is 2. The lowest BCUT2D eigenvalue weighted by atomic mass is 10.0. The zero-order valence-electron chi connectivity index (χ0n) is 21.7. The van der Waals surface area contributed by atoms with E-state index in [4.69, 9.17) is 9.73 Å². The molecule has 3 aliphatic heterocycles. The number of hydrogen-bond donors (Lipinski definition) is 1. The Labute approximate surface area is 207 Å². The molecule has 2 fully saturated rings. The van der Waals surface area contributed by atoms with Crippen molar-refractivity contribution in [2.45, 2.75) is 58.6 Å². The Bertz CT molecular complexity index is 1070. The number of imide groups is 1. The number of carbonyl (C=O) groups excluding carboxylic acids is 2. The van der Waals surface area contributed by atoms with Crippen LogP contribution in [0.2, 0.25) is 0 Å². The first-order valence-corrected chi connectivity index (χ1v) is 12.5. The van der Waals surface area contributed by atoms with E-state index in [0.29, 0.717) is 23.6 Å². The van der Waals surface area contributed by atoms with Gasteiger partial charge in [0.2, 0.25) is 11.9 Å². The van der Waals surface area contributed by atoms with Gasteiger partial charge in [-0.15, -0.1) is 0 Å². The number of fused-ring (bicyclic) bond motifs is 1. The first-order chi connectivity index (χ1) is 16.6. The van der Waals surface area contributed by atoms with Crippen molar-refractivity contribution in [2.75, 3.05) is 40.3 Å². The van der Waals surface area contributed by atoms with E-state index in [2.05, 4.69) is 37.5 Å². The number of hydrogen-bond acceptors (Lipinski definition) is 4. The van der Waals surface area contributed by atoms with Crippen LogP contribution < -0.4 is 4.74 Å². The second-order valence-electron chi connectivity index (χ2n) is 10.4. The molecule has 0 aromatic heterocycles. The third-order valence-electron chi connectivity index (χ3n) is 7.08. The highest BCUT2D eigenvalue weighted by atomic mass is 16.5. The molecule has 0 spiro atoms. The average molecular weight is 485 g/mol. The molecule has 9 heteroatoms. The van der Waals surface area contributed by atoms with Crippen LogP contribution in [0.25, 0.3) is 0 Å². The van der Waals surface area contributed by atoms with Gasteiger partial charge in [0.25, 0.3) is 5.91 Å².